The molecule has 0 N–H and O–H groups in total. The van der Waals surface area contributed by atoms with E-state index < -0.39 is 17.6 Å². The van der Waals surface area contributed by atoms with E-state index in [1.165, 1.54) is 17.0 Å². The maximum absolute atomic E-state index is 12.9. The number of halogens is 3. The Morgan fingerprint density at radius 2 is 2.04 bits per heavy atom. The molecule has 0 atom stereocenters. The molecule has 7 heteroatoms. The van der Waals surface area contributed by atoms with Crippen LogP contribution in [0.5, 0.6) is 0 Å². The van der Waals surface area contributed by atoms with E-state index >= 15 is 0 Å². The molecule has 0 saturated heterocycles. The van der Waals surface area contributed by atoms with Gasteiger partial charge in [-0.2, -0.15) is 13.2 Å². The topological polar surface area (TPSA) is 46.3 Å². The van der Waals surface area contributed by atoms with Gasteiger partial charge in [-0.1, -0.05) is 13.0 Å². The lowest BCUT2D eigenvalue weighted by Gasteiger charge is -2.27. The molecule has 4 nitrogen and oxygen atoms in total. The summed E-state index contributed by atoms with van der Waals surface area (Å²) in [4.78, 5) is 17.9. The van der Waals surface area contributed by atoms with Crippen LogP contribution in [0.15, 0.2) is 35.1 Å². The molecule has 0 aliphatic rings. The van der Waals surface area contributed by atoms with Crippen molar-refractivity contribution in [2.75, 3.05) is 4.90 Å². The van der Waals surface area contributed by atoms with Gasteiger partial charge in [0.15, 0.2) is 12.1 Å². The molecular weight excluding hydrogens is 309 g/mol. The summed E-state index contributed by atoms with van der Waals surface area (Å²) in [5.41, 5.74) is -0.507. The summed E-state index contributed by atoms with van der Waals surface area (Å²) in [5.74, 6) is -0.0717. The number of aromatic nitrogens is 1. The molecule has 124 valence electrons. The van der Waals surface area contributed by atoms with Crippen molar-refractivity contribution >= 4 is 11.6 Å². The van der Waals surface area contributed by atoms with E-state index in [2.05, 4.69) is 4.98 Å². The van der Waals surface area contributed by atoms with Crippen molar-refractivity contribution in [2.24, 2.45) is 0 Å². The van der Waals surface area contributed by atoms with Crippen LogP contribution >= 0.6 is 0 Å². The highest BCUT2D eigenvalue weighted by Crippen LogP contribution is 2.32. The summed E-state index contributed by atoms with van der Waals surface area (Å²) < 4.78 is 43.8. The van der Waals surface area contributed by atoms with Crippen LogP contribution in [-0.4, -0.2) is 16.9 Å². The van der Waals surface area contributed by atoms with Crippen LogP contribution in [0, 0.1) is 0 Å². The Morgan fingerprint density at radius 1 is 1.35 bits per heavy atom. The van der Waals surface area contributed by atoms with Crippen molar-refractivity contribution in [2.45, 2.75) is 39.4 Å². The molecule has 0 bridgehead atoms. The lowest BCUT2D eigenvalue weighted by molar-refractivity contribution is -0.137. The minimum Gasteiger partial charge on any atom is -0.448 e. The van der Waals surface area contributed by atoms with Crippen LogP contribution in [0.1, 0.15) is 42.6 Å². The summed E-state index contributed by atoms with van der Waals surface area (Å²) in [6.45, 7) is 5.26. The fourth-order valence-corrected chi connectivity index (χ4v) is 2.29. The normalized spacial score (nSPS) is 11.8. The summed E-state index contributed by atoms with van der Waals surface area (Å²) in [6, 6.07) is 4.35. The second-order valence-corrected chi connectivity index (χ2v) is 5.29. The van der Waals surface area contributed by atoms with E-state index in [1.807, 2.05) is 0 Å². The van der Waals surface area contributed by atoms with Gasteiger partial charge in [0.2, 0.25) is 0 Å². The maximum atomic E-state index is 12.9. The first-order chi connectivity index (χ1) is 10.8. The van der Waals surface area contributed by atoms with Crippen molar-refractivity contribution in [3.63, 3.8) is 0 Å². The van der Waals surface area contributed by atoms with Gasteiger partial charge in [-0.15, -0.1) is 0 Å². The molecule has 2 aromatic rings. The number of carbonyl (C=O) groups is 1. The fraction of sp³-hybridized carbons (Fsp3) is 0.375. The van der Waals surface area contributed by atoms with Crippen LogP contribution in [0.25, 0.3) is 0 Å². The molecule has 0 fully saturated rings. The summed E-state index contributed by atoms with van der Waals surface area (Å²) in [6.07, 6.45) is -2.84. The summed E-state index contributed by atoms with van der Waals surface area (Å²) in [7, 11) is 0. The van der Waals surface area contributed by atoms with Gasteiger partial charge in [0.1, 0.15) is 5.76 Å². The van der Waals surface area contributed by atoms with E-state index in [-0.39, 0.29) is 17.4 Å². The second kappa shape index (κ2) is 6.44. The fourth-order valence-electron chi connectivity index (χ4n) is 2.29. The average Bonchev–Trinajstić information content (AvgIpc) is 2.95. The Bertz CT molecular complexity index is 693. The third-order valence-electron chi connectivity index (χ3n) is 3.35. The number of hydrogen-bond acceptors (Lipinski definition) is 3. The Balaban J connectivity index is 2.45. The third kappa shape index (κ3) is 3.55. The van der Waals surface area contributed by atoms with Gasteiger partial charge >= 0.3 is 6.18 Å². The number of hydrogen-bond donors (Lipinski definition) is 0. The molecule has 0 spiro atoms. The molecule has 0 unspecified atom stereocenters. The molecule has 2 rings (SSSR count). The standard InChI is InChI=1S/C16H17F3N2O2/c1-4-13-14(20-9-23-13)15(22)21(10(2)3)12-7-5-6-11(8-12)16(17,18)19/h5-10H,4H2,1-3H3. The largest absolute Gasteiger partial charge is 0.448 e. The number of anilines is 1. The van der Waals surface area contributed by atoms with E-state index in [1.54, 1.807) is 20.8 Å². The minimum absolute atomic E-state index is 0.124. The van der Waals surface area contributed by atoms with Crippen molar-refractivity contribution in [3.8, 4) is 0 Å². The van der Waals surface area contributed by atoms with Gasteiger partial charge in [-0.3, -0.25) is 4.79 Å². The predicted molar refractivity (Wildman–Crippen MR) is 79.3 cm³/mol. The number of rotatable bonds is 4. The number of nitrogens with zero attached hydrogens (tertiary/aromatic N) is 2. The first kappa shape index (κ1) is 17.1. The zero-order valence-corrected chi connectivity index (χ0v) is 13.0. The summed E-state index contributed by atoms with van der Waals surface area (Å²) >= 11 is 0. The van der Waals surface area contributed by atoms with Crippen LogP contribution in [-0.2, 0) is 12.6 Å². The second-order valence-electron chi connectivity index (χ2n) is 5.29. The number of aryl methyl sites for hydroxylation is 1. The number of carbonyl (C=O) groups excluding carboxylic acids is 1. The zero-order valence-electron chi connectivity index (χ0n) is 13.0. The van der Waals surface area contributed by atoms with Gasteiger partial charge < -0.3 is 9.32 Å². The number of amides is 1. The number of benzene rings is 1. The Morgan fingerprint density at radius 3 is 2.61 bits per heavy atom. The highest BCUT2D eigenvalue weighted by atomic mass is 19.4. The first-order valence-electron chi connectivity index (χ1n) is 7.18. The molecule has 0 saturated carbocycles. The molecular formula is C16H17F3N2O2. The zero-order chi connectivity index (χ0) is 17.2. The van der Waals surface area contributed by atoms with E-state index in [4.69, 9.17) is 4.42 Å². The van der Waals surface area contributed by atoms with Crippen LogP contribution in [0.2, 0.25) is 0 Å². The van der Waals surface area contributed by atoms with Crippen molar-refractivity contribution in [1.82, 2.24) is 4.98 Å². The first-order valence-corrected chi connectivity index (χ1v) is 7.18. The Labute approximate surface area is 131 Å². The average molecular weight is 326 g/mol. The van der Waals surface area contributed by atoms with Gasteiger partial charge in [-0.25, -0.2) is 4.98 Å². The smallest absolute Gasteiger partial charge is 0.416 e. The Kier molecular flexibility index (Phi) is 4.77. The SMILES string of the molecule is CCc1ocnc1C(=O)N(c1cccc(C(F)(F)F)c1)C(C)C. The van der Waals surface area contributed by atoms with E-state index in [9.17, 15) is 18.0 Å². The van der Waals surface area contributed by atoms with Gasteiger partial charge in [0, 0.05) is 18.2 Å². The number of oxazole rings is 1. The number of alkyl halides is 3. The Hall–Kier alpha value is -2.31. The monoisotopic (exact) mass is 326 g/mol. The minimum atomic E-state index is -4.47. The van der Waals surface area contributed by atoms with Crippen LogP contribution in [0.4, 0.5) is 18.9 Å². The van der Waals surface area contributed by atoms with Crippen LogP contribution in [0.3, 0.4) is 0 Å². The van der Waals surface area contributed by atoms with Gasteiger partial charge in [0.05, 0.1) is 5.56 Å². The van der Waals surface area contributed by atoms with Gasteiger partial charge in [-0.05, 0) is 32.0 Å². The molecule has 1 heterocycles. The molecule has 23 heavy (non-hydrogen) atoms. The van der Waals surface area contributed by atoms with Crippen LogP contribution < -0.4 is 4.90 Å². The van der Waals surface area contributed by atoms with Crippen molar-refractivity contribution in [3.05, 3.63) is 47.7 Å². The molecule has 0 aliphatic heterocycles. The maximum Gasteiger partial charge on any atom is 0.416 e. The molecule has 1 amide bonds. The molecule has 0 radical (unpaired) electrons. The third-order valence-corrected chi connectivity index (χ3v) is 3.35. The lowest BCUT2D eigenvalue weighted by Crippen LogP contribution is -2.37. The molecule has 0 aliphatic carbocycles. The molecule has 1 aromatic heterocycles. The van der Waals surface area contributed by atoms with Gasteiger partial charge in [0.25, 0.3) is 5.91 Å². The highest BCUT2D eigenvalue weighted by Gasteiger charge is 2.32. The van der Waals surface area contributed by atoms with Crippen molar-refractivity contribution < 1.29 is 22.4 Å². The highest BCUT2D eigenvalue weighted by molar-refractivity contribution is 6.05. The molecule has 1 aromatic carbocycles. The predicted octanol–water partition coefficient (Wildman–Crippen LogP) is 4.31. The lowest BCUT2D eigenvalue weighted by atomic mass is 10.1. The quantitative estimate of drug-likeness (QED) is 0.841. The van der Waals surface area contributed by atoms with E-state index in [0.717, 1.165) is 18.5 Å². The summed E-state index contributed by atoms with van der Waals surface area (Å²) in [5, 5.41) is 0. The van der Waals surface area contributed by atoms with E-state index in [0.29, 0.717) is 12.2 Å². The van der Waals surface area contributed by atoms with Crippen molar-refractivity contribution in [1.29, 1.82) is 0 Å².